The fourth-order valence-corrected chi connectivity index (χ4v) is 3.42. The number of piperidine rings is 1. The van der Waals surface area contributed by atoms with Gasteiger partial charge in [-0.2, -0.15) is 0 Å². The molecule has 1 fully saturated rings. The first-order chi connectivity index (χ1) is 10.5. The van der Waals surface area contributed by atoms with E-state index >= 15 is 0 Å². The number of anilines is 2. The number of carbonyl (C=O) groups is 2. The third-order valence-electron chi connectivity index (χ3n) is 4.62. The van der Waals surface area contributed by atoms with E-state index in [1.807, 2.05) is 18.2 Å². The first kappa shape index (κ1) is 15.0. The smallest absolute Gasteiger partial charge is 0.227 e. The summed E-state index contributed by atoms with van der Waals surface area (Å²) in [6, 6.07) is 6.22. The molecule has 0 bridgehead atoms. The van der Waals surface area contributed by atoms with Gasteiger partial charge >= 0.3 is 0 Å². The summed E-state index contributed by atoms with van der Waals surface area (Å²) in [6.45, 7) is 5.33. The van der Waals surface area contributed by atoms with Gasteiger partial charge in [-0.1, -0.05) is 0 Å². The fraction of sp³-hybridized carbons (Fsp3) is 0.529. The Morgan fingerprint density at radius 2 is 2.18 bits per heavy atom. The summed E-state index contributed by atoms with van der Waals surface area (Å²) in [7, 11) is 0. The summed E-state index contributed by atoms with van der Waals surface area (Å²) in [5.41, 5.74) is 2.94. The molecule has 1 aromatic carbocycles. The Morgan fingerprint density at radius 3 is 2.91 bits per heavy atom. The number of hydrogen-bond donors (Lipinski definition) is 2. The first-order valence-electron chi connectivity index (χ1n) is 8.00. The molecule has 0 aliphatic carbocycles. The second-order valence-corrected chi connectivity index (χ2v) is 6.33. The zero-order chi connectivity index (χ0) is 15.7. The molecule has 2 heterocycles. The highest BCUT2D eigenvalue weighted by atomic mass is 16.2. The number of nitrogens with one attached hydrogen (secondary N) is 2. The van der Waals surface area contributed by atoms with Crippen molar-refractivity contribution in [3.63, 3.8) is 0 Å². The zero-order valence-electron chi connectivity index (χ0n) is 13.2. The molecule has 2 atom stereocenters. The lowest BCUT2D eigenvalue weighted by molar-refractivity contribution is -0.121. The van der Waals surface area contributed by atoms with Crippen LogP contribution in [-0.2, 0) is 16.0 Å². The third kappa shape index (κ3) is 2.99. The van der Waals surface area contributed by atoms with Gasteiger partial charge in [0.05, 0.1) is 0 Å². The Labute approximate surface area is 131 Å². The van der Waals surface area contributed by atoms with E-state index in [1.54, 1.807) is 11.8 Å². The molecule has 0 aromatic heterocycles. The molecule has 2 aliphatic heterocycles. The van der Waals surface area contributed by atoms with E-state index in [-0.39, 0.29) is 17.7 Å². The van der Waals surface area contributed by atoms with Crippen molar-refractivity contribution in [3.8, 4) is 0 Å². The van der Waals surface area contributed by atoms with Gasteiger partial charge in [0.15, 0.2) is 0 Å². The molecule has 0 saturated carbocycles. The Bertz CT molecular complexity index is 600. The molecular formula is C17H23N3O2. The lowest BCUT2D eigenvalue weighted by Gasteiger charge is -2.27. The van der Waals surface area contributed by atoms with Crippen LogP contribution in [0.3, 0.4) is 0 Å². The highest BCUT2D eigenvalue weighted by Crippen LogP contribution is 2.31. The lowest BCUT2D eigenvalue weighted by atomic mass is 9.92. The Morgan fingerprint density at radius 1 is 1.36 bits per heavy atom. The molecule has 5 heteroatoms. The van der Waals surface area contributed by atoms with E-state index in [9.17, 15) is 9.59 Å². The molecule has 118 valence electrons. The van der Waals surface area contributed by atoms with Crippen molar-refractivity contribution >= 4 is 23.2 Å². The van der Waals surface area contributed by atoms with Crippen LogP contribution in [0.15, 0.2) is 18.2 Å². The average molecular weight is 301 g/mol. The van der Waals surface area contributed by atoms with E-state index in [0.717, 1.165) is 49.3 Å². The van der Waals surface area contributed by atoms with Crippen molar-refractivity contribution < 1.29 is 9.59 Å². The summed E-state index contributed by atoms with van der Waals surface area (Å²) >= 11 is 0. The summed E-state index contributed by atoms with van der Waals surface area (Å²) < 4.78 is 0. The van der Waals surface area contributed by atoms with Crippen LogP contribution in [0.5, 0.6) is 0 Å². The lowest BCUT2D eigenvalue weighted by Crippen LogP contribution is -2.40. The van der Waals surface area contributed by atoms with Crippen LogP contribution in [0.4, 0.5) is 11.4 Å². The van der Waals surface area contributed by atoms with Crippen molar-refractivity contribution in [2.75, 3.05) is 23.3 Å². The third-order valence-corrected chi connectivity index (χ3v) is 4.62. The second kappa shape index (κ2) is 6.08. The van der Waals surface area contributed by atoms with Crippen molar-refractivity contribution in [3.05, 3.63) is 23.8 Å². The molecule has 22 heavy (non-hydrogen) atoms. The van der Waals surface area contributed by atoms with Gasteiger partial charge in [0.25, 0.3) is 0 Å². The predicted octanol–water partition coefficient (Wildman–Crippen LogP) is 1.92. The fourth-order valence-electron chi connectivity index (χ4n) is 3.42. The zero-order valence-corrected chi connectivity index (χ0v) is 13.2. The SMILES string of the molecule is CC(=O)N1CCc2cc(NC(=O)[C@H]3CCN[C@@H](C)C3)ccc21. The molecular weight excluding hydrogens is 278 g/mol. The minimum atomic E-state index is 0.0687. The standard InChI is InChI=1S/C17H23N3O2/c1-11-9-14(5-7-18-11)17(22)19-15-3-4-16-13(10-15)6-8-20(16)12(2)21/h3-4,10-11,14,18H,5-9H2,1-2H3,(H,19,22)/t11-,14-/m0/s1. The Kier molecular flexibility index (Phi) is 4.16. The molecule has 2 N–H and O–H groups in total. The van der Waals surface area contributed by atoms with Crippen molar-refractivity contribution in [1.29, 1.82) is 0 Å². The largest absolute Gasteiger partial charge is 0.326 e. The molecule has 1 saturated heterocycles. The predicted molar refractivity (Wildman–Crippen MR) is 87.0 cm³/mol. The minimum absolute atomic E-state index is 0.0687. The van der Waals surface area contributed by atoms with Crippen LogP contribution < -0.4 is 15.5 Å². The normalized spacial score (nSPS) is 24.0. The summed E-state index contributed by atoms with van der Waals surface area (Å²) in [5.74, 6) is 0.257. The van der Waals surface area contributed by atoms with Crippen LogP contribution >= 0.6 is 0 Å². The van der Waals surface area contributed by atoms with Crippen LogP contribution in [-0.4, -0.2) is 30.9 Å². The molecule has 0 spiro atoms. The number of rotatable bonds is 2. The number of benzene rings is 1. The van der Waals surface area contributed by atoms with Gasteiger partial charge in [-0.3, -0.25) is 9.59 Å². The number of nitrogens with zero attached hydrogens (tertiary/aromatic N) is 1. The van der Waals surface area contributed by atoms with Gasteiger partial charge in [0, 0.05) is 36.8 Å². The molecule has 2 amide bonds. The summed E-state index contributed by atoms with van der Waals surface area (Å²) in [5, 5.41) is 6.40. The maximum absolute atomic E-state index is 12.4. The van der Waals surface area contributed by atoms with Gasteiger partial charge in [-0.05, 0) is 56.5 Å². The van der Waals surface area contributed by atoms with Gasteiger partial charge in [0.1, 0.15) is 0 Å². The van der Waals surface area contributed by atoms with Gasteiger partial charge in [-0.15, -0.1) is 0 Å². The highest BCUT2D eigenvalue weighted by molar-refractivity contribution is 5.96. The highest BCUT2D eigenvalue weighted by Gasteiger charge is 2.26. The molecule has 0 radical (unpaired) electrons. The quantitative estimate of drug-likeness (QED) is 0.877. The van der Waals surface area contributed by atoms with E-state index < -0.39 is 0 Å². The summed E-state index contributed by atoms with van der Waals surface area (Å²) in [4.78, 5) is 25.7. The van der Waals surface area contributed by atoms with Gasteiger partial charge in [-0.25, -0.2) is 0 Å². The molecule has 0 unspecified atom stereocenters. The van der Waals surface area contributed by atoms with Crippen molar-refractivity contribution in [1.82, 2.24) is 5.32 Å². The van der Waals surface area contributed by atoms with Gasteiger partial charge < -0.3 is 15.5 Å². The second-order valence-electron chi connectivity index (χ2n) is 6.33. The maximum Gasteiger partial charge on any atom is 0.227 e. The average Bonchev–Trinajstić information content (AvgIpc) is 2.90. The van der Waals surface area contributed by atoms with E-state index in [2.05, 4.69) is 17.6 Å². The maximum atomic E-state index is 12.4. The van der Waals surface area contributed by atoms with Crippen LogP contribution in [0.1, 0.15) is 32.3 Å². The number of hydrogen-bond acceptors (Lipinski definition) is 3. The van der Waals surface area contributed by atoms with Crippen LogP contribution in [0, 0.1) is 5.92 Å². The number of fused-ring (bicyclic) bond motifs is 1. The Balaban J connectivity index is 1.69. The molecule has 2 aliphatic rings. The van der Waals surface area contributed by atoms with E-state index in [0.29, 0.717) is 6.04 Å². The molecule has 1 aromatic rings. The topological polar surface area (TPSA) is 61.4 Å². The number of carbonyl (C=O) groups excluding carboxylic acids is 2. The molecule has 3 rings (SSSR count). The van der Waals surface area contributed by atoms with Crippen molar-refractivity contribution in [2.45, 2.75) is 39.2 Å². The Hall–Kier alpha value is -1.88. The molecule has 5 nitrogen and oxygen atoms in total. The van der Waals surface area contributed by atoms with Gasteiger partial charge in [0.2, 0.25) is 11.8 Å². The van der Waals surface area contributed by atoms with Crippen molar-refractivity contribution in [2.24, 2.45) is 5.92 Å². The monoisotopic (exact) mass is 301 g/mol. The summed E-state index contributed by atoms with van der Waals surface area (Å²) in [6.07, 6.45) is 2.62. The van der Waals surface area contributed by atoms with E-state index in [1.165, 1.54) is 0 Å². The van der Waals surface area contributed by atoms with E-state index in [4.69, 9.17) is 0 Å². The number of amides is 2. The first-order valence-corrected chi connectivity index (χ1v) is 8.00. The van der Waals surface area contributed by atoms with Crippen LogP contribution in [0.2, 0.25) is 0 Å². The minimum Gasteiger partial charge on any atom is -0.326 e. The van der Waals surface area contributed by atoms with Crippen LogP contribution in [0.25, 0.3) is 0 Å².